The van der Waals surface area contributed by atoms with Gasteiger partial charge in [0.15, 0.2) is 5.76 Å². The van der Waals surface area contributed by atoms with Crippen molar-refractivity contribution in [3.05, 3.63) is 46.3 Å². The number of rotatable bonds is 1. The molecule has 2 amide bonds. The molecule has 0 aromatic heterocycles. The standard InChI is InChI=1S/C33H46N2O4/c1-20-22-7-8-25-31(4,23(22)17-24(37)27(20)38)13-15-33(6)26-18-30(3,34-28(39)35-16-9-21(36)19-35)12-10-29(26,2)11-14-32(25,33)5/h7-8,17,21,26,36,38H,9-16,18-19H2,1-6H3,(H,34,39)/t21-,26-,29-,30-,31+,32-,33+/m1/s1. The van der Waals surface area contributed by atoms with E-state index in [1.165, 1.54) is 5.57 Å². The van der Waals surface area contributed by atoms with Crippen molar-refractivity contribution in [2.75, 3.05) is 13.1 Å². The molecule has 6 nitrogen and oxygen atoms in total. The first-order valence-corrected chi connectivity index (χ1v) is 15.0. The maximum absolute atomic E-state index is 13.2. The van der Waals surface area contributed by atoms with Crippen LogP contribution in [0.3, 0.4) is 0 Å². The van der Waals surface area contributed by atoms with Crippen molar-refractivity contribution in [2.45, 2.75) is 105 Å². The number of fused-ring (bicyclic) bond motifs is 7. The van der Waals surface area contributed by atoms with E-state index < -0.39 is 6.10 Å². The van der Waals surface area contributed by atoms with Gasteiger partial charge in [0.25, 0.3) is 0 Å². The number of allylic oxidation sites excluding steroid dienone is 7. The Balaban J connectivity index is 1.35. The molecule has 6 rings (SSSR count). The van der Waals surface area contributed by atoms with Crippen LogP contribution < -0.4 is 5.32 Å². The summed E-state index contributed by atoms with van der Waals surface area (Å²) in [5, 5.41) is 23.8. The lowest BCUT2D eigenvalue weighted by atomic mass is 9.35. The van der Waals surface area contributed by atoms with E-state index in [1.807, 2.05) is 6.92 Å². The maximum Gasteiger partial charge on any atom is 0.317 e. The summed E-state index contributed by atoms with van der Waals surface area (Å²) in [6.07, 6.45) is 13.8. The van der Waals surface area contributed by atoms with E-state index in [1.54, 1.807) is 11.0 Å². The minimum Gasteiger partial charge on any atom is -0.504 e. The lowest BCUT2D eigenvalue weighted by Crippen LogP contribution is -2.64. The fourth-order valence-corrected chi connectivity index (χ4v) is 9.83. The Morgan fingerprint density at radius 1 is 1.03 bits per heavy atom. The summed E-state index contributed by atoms with van der Waals surface area (Å²) in [5.74, 6) is 0.0503. The van der Waals surface area contributed by atoms with Gasteiger partial charge in [-0.05, 0) is 105 Å². The zero-order chi connectivity index (χ0) is 28.2. The van der Waals surface area contributed by atoms with Crippen LogP contribution in [0, 0.1) is 27.6 Å². The average Bonchev–Trinajstić information content (AvgIpc) is 3.32. The lowest BCUT2D eigenvalue weighted by Gasteiger charge is -2.70. The molecular formula is C33H46N2O4. The molecule has 0 unspecified atom stereocenters. The van der Waals surface area contributed by atoms with Crippen molar-refractivity contribution < 1.29 is 19.8 Å². The van der Waals surface area contributed by atoms with Crippen LogP contribution >= 0.6 is 0 Å². The predicted octanol–water partition coefficient (Wildman–Crippen LogP) is 6.14. The zero-order valence-electron chi connectivity index (χ0n) is 24.6. The van der Waals surface area contributed by atoms with Crippen molar-refractivity contribution in [3.8, 4) is 0 Å². The third-order valence-electron chi connectivity index (χ3n) is 12.7. The quantitative estimate of drug-likeness (QED) is 0.377. The maximum atomic E-state index is 13.2. The first-order valence-electron chi connectivity index (χ1n) is 15.0. The van der Waals surface area contributed by atoms with Crippen molar-refractivity contribution in [3.63, 3.8) is 0 Å². The Labute approximate surface area is 233 Å². The van der Waals surface area contributed by atoms with E-state index in [4.69, 9.17) is 0 Å². The highest BCUT2D eigenvalue weighted by atomic mass is 16.3. The smallest absolute Gasteiger partial charge is 0.317 e. The molecule has 3 N–H and O–H groups in total. The topological polar surface area (TPSA) is 89.9 Å². The minimum absolute atomic E-state index is 0.0332. The number of hydrogen-bond donors (Lipinski definition) is 3. The molecule has 6 aliphatic rings. The third-order valence-corrected chi connectivity index (χ3v) is 12.7. The fraction of sp³-hybridized carbons (Fsp3) is 0.697. The van der Waals surface area contributed by atoms with Gasteiger partial charge >= 0.3 is 6.03 Å². The van der Waals surface area contributed by atoms with Crippen LogP contribution in [0.4, 0.5) is 4.79 Å². The molecule has 39 heavy (non-hydrogen) atoms. The number of aliphatic hydroxyl groups is 2. The van der Waals surface area contributed by atoms with Gasteiger partial charge in [0.1, 0.15) is 0 Å². The van der Waals surface area contributed by atoms with Gasteiger partial charge in [0.05, 0.1) is 6.10 Å². The zero-order valence-corrected chi connectivity index (χ0v) is 24.6. The Morgan fingerprint density at radius 2 is 1.74 bits per heavy atom. The van der Waals surface area contributed by atoms with Gasteiger partial charge < -0.3 is 20.4 Å². The molecule has 3 saturated carbocycles. The number of β-amino-alcohol motifs (C(OH)–C–C–N with tert-alkyl or cyclic N) is 1. The molecule has 1 heterocycles. The van der Waals surface area contributed by atoms with Gasteiger partial charge in [-0.3, -0.25) is 4.79 Å². The summed E-state index contributed by atoms with van der Waals surface area (Å²) in [6.45, 7) is 14.9. The molecule has 212 valence electrons. The van der Waals surface area contributed by atoms with Crippen LogP contribution in [0.1, 0.15) is 92.9 Å². The summed E-state index contributed by atoms with van der Waals surface area (Å²) in [7, 11) is 0. The molecule has 0 bridgehead atoms. The molecule has 0 aromatic carbocycles. The summed E-state index contributed by atoms with van der Waals surface area (Å²) in [6, 6.07) is -0.0363. The Morgan fingerprint density at radius 3 is 2.44 bits per heavy atom. The highest BCUT2D eigenvalue weighted by Crippen LogP contribution is 2.75. The number of carbonyl (C=O) groups is 2. The van der Waals surface area contributed by atoms with E-state index in [-0.39, 0.29) is 44.8 Å². The number of amides is 2. The normalized spacial score (nSPS) is 45.4. The molecule has 0 radical (unpaired) electrons. The number of nitrogens with one attached hydrogen (secondary N) is 1. The van der Waals surface area contributed by atoms with Gasteiger partial charge in [-0.1, -0.05) is 45.4 Å². The Bertz CT molecular complexity index is 1280. The van der Waals surface area contributed by atoms with E-state index >= 15 is 0 Å². The molecule has 1 aliphatic heterocycles. The molecule has 4 fully saturated rings. The number of hydrogen-bond acceptors (Lipinski definition) is 4. The molecule has 1 saturated heterocycles. The van der Waals surface area contributed by atoms with E-state index in [2.05, 4.69) is 52.1 Å². The van der Waals surface area contributed by atoms with Crippen LogP contribution in [0.25, 0.3) is 0 Å². The van der Waals surface area contributed by atoms with Crippen LogP contribution in [-0.2, 0) is 4.79 Å². The number of carbonyl (C=O) groups excluding carboxylic acids is 2. The van der Waals surface area contributed by atoms with Crippen LogP contribution in [0.2, 0.25) is 0 Å². The first-order chi connectivity index (χ1) is 18.2. The second-order valence-electron chi connectivity index (χ2n) is 14.9. The highest BCUT2D eigenvalue weighted by Gasteiger charge is 2.66. The second kappa shape index (κ2) is 8.34. The molecule has 0 spiro atoms. The summed E-state index contributed by atoms with van der Waals surface area (Å²) >= 11 is 0. The number of likely N-dealkylation sites (tertiary alicyclic amines) is 1. The largest absolute Gasteiger partial charge is 0.504 e. The molecule has 6 heteroatoms. The number of ketones is 1. The van der Waals surface area contributed by atoms with E-state index in [9.17, 15) is 19.8 Å². The molecule has 5 aliphatic carbocycles. The van der Waals surface area contributed by atoms with Crippen molar-refractivity contribution in [1.29, 1.82) is 0 Å². The summed E-state index contributed by atoms with van der Waals surface area (Å²) < 4.78 is 0. The van der Waals surface area contributed by atoms with Gasteiger partial charge in [0, 0.05) is 29.6 Å². The van der Waals surface area contributed by atoms with Gasteiger partial charge in [-0.15, -0.1) is 0 Å². The SMILES string of the molecule is CC1=C(O)C(=O)C=C2C1=CC=C1[C@@]2(C)CC[C@@]2(C)[C@@H]3C[C@](C)(NC(=O)N4CC[C@@H](O)C4)CC[C@]3(C)CC[C@]12C. The minimum atomic E-state index is -0.413. The first kappa shape index (κ1) is 26.9. The summed E-state index contributed by atoms with van der Waals surface area (Å²) in [5.41, 5.74) is 3.95. The number of nitrogens with zero attached hydrogens (tertiary/aromatic N) is 1. The Hall–Kier alpha value is -2.34. The van der Waals surface area contributed by atoms with Gasteiger partial charge in [0.2, 0.25) is 5.78 Å². The third kappa shape index (κ3) is 3.62. The number of aliphatic hydroxyl groups excluding tert-OH is 2. The van der Waals surface area contributed by atoms with Gasteiger partial charge in [-0.2, -0.15) is 0 Å². The summed E-state index contributed by atoms with van der Waals surface area (Å²) in [4.78, 5) is 27.7. The van der Waals surface area contributed by atoms with Crippen molar-refractivity contribution in [1.82, 2.24) is 10.2 Å². The lowest BCUT2D eigenvalue weighted by molar-refractivity contribution is -0.153. The second-order valence-corrected chi connectivity index (χ2v) is 14.9. The van der Waals surface area contributed by atoms with Crippen molar-refractivity contribution in [2.24, 2.45) is 27.6 Å². The van der Waals surface area contributed by atoms with E-state index in [0.717, 1.165) is 56.1 Å². The van der Waals surface area contributed by atoms with Crippen molar-refractivity contribution >= 4 is 11.8 Å². The molecular weight excluding hydrogens is 488 g/mol. The fourth-order valence-electron chi connectivity index (χ4n) is 9.83. The van der Waals surface area contributed by atoms with E-state index in [0.29, 0.717) is 31.0 Å². The van der Waals surface area contributed by atoms with Crippen LogP contribution in [-0.4, -0.2) is 51.7 Å². The van der Waals surface area contributed by atoms with Gasteiger partial charge in [-0.25, -0.2) is 4.79 Å². The molecule has 7 atom stereocenters. The molecule has 0 aromatic rings. The predicted molar refractivity (Wildman–Crippen MR) is 152 cm³/mol. The number of urea groups is 1. The Kier molecular flexibility index (Phi) is 5.75. The van der Waals surface area contributed by atoms with Crippen LogP contribution in [0.5, 0.6) is 0 Å². The van der Waals surface area contributed by atoms with Crippen LogP contribution in [0.15, 0.2) is 46.3 Å². The average molecular weight is 535 g/mol. The highest BCUT2D eigenvalue weighted by molar-refractivity contribution is 6.06. The monoisotopic (exact) mass is 534 g/mol.